The van der Waals surface area contributed by atoms with Crippen LogP contribution in [0.3, 0.4) is 0 Å². The van der Waals surface area contributed by atoms with Gasteiger partial charge in [0.05, 0.1) is 5.69 Å². The second-order valence-electron chi connectivity index (χ2n) is 4.04. The maximum Gasteiger partial charge on any atom is 0.471 e. The van der Waals surface area contributed by atoms with Gasteiger partial charge in [-0.05, 0) is 28.1 Å². The van der Waals surface area contributed by atoms with Crippen molar-refractivity contribution in [3.05, 3.63) is 40.1 Å². The minimum absolute atomic E-state index is 0.0631. The number of aromatic nitrogens is 3. The number of nitrogens with one attached hydrogen (secondary N) is 1. The average molecular weight is 413 g/mol. The summed E-state index contributed by atoms with van der Waals surface area (Å²) in [5.74, 6) is -2.65. The second kappa shape index (κ2) is 6.81. The number of anilines is 1. The molecule has 0 bridgehead atoms. The Morgan fingerprint density at radius 1 is 1.39 bits per heavy atom. The van der Waals surface area contributed by atoms with E-state index in [9.17, 15) is 18.1 Å². The molecule has 1 heterocycles. The fourth-order valence-electron chi connectivity index (χ4n) is 1.42. The molecule has 1 aromatic heterocycles. The molecule has 0 radical (unpaired) electrons. The van der Waals surface area contributed by atoms with E-state index in [1.54, 1.807) is 0 Å². The largest absolute Gasteiger partial charge is 0.471 e. The van der Waals surface area contributed by atoms with Crippen molar-refractivity contribution in [3.8, 4) is 0 Å². The van der Waals surface area contributed by atoms with Gasteiger partial charge in [0, 0.05) is 6.07 Å². The maximum atomic E-state index is 13.5. The van der Waals surface area contributed by atoms with E-state index in [-0.39, 0.29) is 16.0 Å². The van der Waals surface area contributed by atoms with Crippen molar-refractivity contribution < 1.29 is 32.5 Å². The number of carbonyl (C=O) groups excluding carboxylic acids is 1. The fourth-order valence-corrected chi connectivity index (χ4v) is 2.12. The molecule has 0 saturated heterocycles. The summed E-state index contributed by atoms with van der Waals surface area (Å²) < 4.78 is 40.9. The van der Waals surface area contributed by atoms with E-state index in [0.717, 1.165) is 12.1 Å². The molecule has 0 atom stereocenters. The van der Waals surface area contributed by atoms with Crippen molar-refractivity contribution >= 4 is 35.3 Å². The molecule has 13 heteroatoms. The van der Waals surface area contributed by atoms with Crippen LogP contribution in [-0.2, 0) is 15.8 Å². The number of benzene rings is 1. The van der Waals surface area contributed by atoms with Crippen molar-refractivity contribution in [1.29, 1.82) is 0 Å². The lowest BCUT2D eigenvalue weighted by atomic mass is 10.3. The van der Waals surface area contributed by atoms with E-state index < -0.39 is 32.1 Å². The lowest BCUT2D eigenvalue weighted by Crippen LogP contribution is -2.15. The van der Waals surface area contributed by atoms with Crippen molar-refractivity contribution in [1.82, 2.24) is 15.0 Å². The van der Waals surface area contributed by atoms with Crippen LogP contribution in [0.1, 0.15) is 10.5 Å². The molecule has 0 aliphatic heterocycles. The summed E-state index contributed by atoms with van der Waals surface area (Å²) >= 11 is 2.92. The average Bonchev–Trinajstić information content (AvgIpc) is 2.80. The van der Waals surface area contributed by atoms with E-state index in [1.807, 2.05) is 0 Å². The zero-order valence-corrected chi connectivity index (χ0v) is 13.5. The second-order valence-corrected chi connectivity index (χ2v) is 6.03. The van der Waals surface area contributed by atoms with E-state index in [4.69, 9.17) is 9.79 Å². The first kappa shape index (κ1) is 17.6. The van der Waals surface area contributed by atoms with Crippen molar-refractivity contribution in [2.75, 3.05) is 5.32 Å². The molecule has 0 fully saturated rings. The number of phosphoric ester groups is 1. The van der Waals surface area contributed by atoms with Crippen LogP contribution in [0.25, 0.3) is 0 Å². The summed E-state index contributed by atoms with van der Waals surface area (Å²) in [6, 6.07) is 2.58. The molecule has 0 unspecified atom stereocenters. The molecule has 1 amide bonds. The van der Waals surface area contributed by atoms with Crippen molar-refractivity contribution in [2.24, 2.45) is 0 Å². The van der Waals surface area contributed by atoms with Gasteiger partial charge >= 0.3 is 7.82 Å². The molecular weight excluding hydrogens is 405 g/mol. The minimum Gasteiger partial charge on any atom is -0.318 e. The number of rotatable bonds is 5. The topological polar surface area (TPSA) is 127 Å². The SMILES string of the molecule is O=C(Nc1ccc(F)cc1F)c1nn(COP(=O)(O)O)nc1Br. The van der Waals surface area contributed by atoms with Crippen LogP contribution in [-0.4, -0.2) is 30.7 Å². The molecule has 124 valence electrons. The van der Waals surface area contributed by atoms with Gasteiger partial charge in [0.1, 0.15) is 11.6 Å². The van der Waals surface area contributed by atoms with Crippen LogP contribution < -0.4 is 5.32 Å². The Morgan fingerprint density at radius 3 is 2.70 bits per heavy atom. The Kier molecular flexibility index (Phi) is 5.22. The number of halogens is 3. The van der Waals surface area contributed by atoms with E-state index in [1.165, 1.54) is 0 Å². The van der Waals surface area contributed by atoms with E-state index >= 15 is 0 Å². The summed E-state index contributed by atoms with van der Waals surface area (Å²) in [6.45, 7) is -0.707. The van der Waals surface area contributed by atoms with E-state index in [0.29, 0.717) is 10.9 Å². The number of hydrogen-bond donors (Lipinski definition) is 3. The van der Waals surface area contributed by atoms with Gasteiger partial charge in [0.15, 0.2) is 17.0 Å². The lowest BCUT2D eigenvalue weighted by Gasteiger charge is -2.05. The summed E-state index contributed by atoms with van der Waals surface area (Å²) in [6.07, 6.45) is 0. The van der Waals surface area contributed by atoms with Gasteiger partial charge < -0.3 is 15.1 Å². The van der Waals surface area contributed by atoms with Gasteiger partial charge in [-0.25, -0.2) is 13.3 Å². The van der Waals surface area contributed by atoms with E-state index in [2.05, 4.69) is 36.0 Å². The van der Waals surface area contributed by atoms with Crippen LogP contribution in [0.4, 0.5) is 14.5 Å². The number of amides is 1. The highest BCUT2D eigenvalue weighted by Gasteiger charge is 2.20. The number of phosphoric acid groups is 1. The van der Waals surface area contributed by atoms with Gasteiger partial charge in [0.2, 0.25) is 0 Å². The predicted molar refractivity (Wildman–Crippen MR) is 75.2 cm³/mol. The van der Waals surface area contributed by atoms with Crippen molar-refractivity contribution in [2.45, 2.75) is 6.73 Å². The van der Waals surface area contributed by atoms with Crippen LogP contribution in [0.5, 0.6) is 0 Å². The summed E-state index contributed by atoms with van der Waals surface area (Å²) in [5, 5.41) is 9.45. The first-order chi connectivity index (χ1) is 10.7. The third-order valence-electron chi connectivity index (χ3n) is 2.35. The zero-order valence-electron chi connectivity index (χ0n) is 11.0. The zero-order chi connectivity index (χ0) is 17.2. The fraction of sp³-hybridized carbons (Fsp3) is 0.100. The Labute approximate surface area is 135 Å². The lowest BCUT2D eigenvalue weighted by molar-refractivity contribution is 0.101. The Morgan fingerprint density at radius 2 is 2.09 bits per heavy atom. The molecule has 1 aromatic carbocycles. The number of hydrogen-bond acceptors (Lipinski definition) is 5. The van der Waals surface area contributed by atoms with Gasteiger partial charge in [0.25, 0.3) is 5.91 Å². The first-order valence-corrected chi connectivity index (χ1v) is 8.05. The molecular formula is C10H8BrF2N4O5P. The number of nitrogens with zero attached hydrogens (tertiary/aromatic N) is 3. The maximum absolute atomic E-state index is 13.5. The van der Waals surface area contributed by atoms with Gasteiger partial charge in [-0.15, -0.1) is 10.2 Å². The van der Waals surface area contributed by atoms with Crippen LogP contribution in [0, 0.1) is 11.6 Å². The summed E-state index contributed by atoms with van der Waals surface area (Å²) in [5.41, 5.74) is -0.563. The first-order valence-electron chi connectivity index (χ1n) is 5.73. The molecule has 3 N–H and O–H groups in total. The quantitative estimate of drug-likeness (QED) is 0.637. The molecule has 0 aliphatic rings. The van der Waals surface area contributed by atoms with Crippen molar-refractivity contribution in [3.63, 3.8) is 0 Å². The molecule has 0 spiro atoms. The Balaban J connectivity index is 2.13. The highest BCUT2D eigenvalue weighted by molar-refractivity contribution is 9.10. The molecule has 0 saturated carbocycles. The summed E-state index contributed by atoms with van der Waals surface area (Å²) in [4.78, 5) is 29.8. The third kappa shape index (κ3) is 4.88. The van der Waals surface area contributed by atoms with Gasteiger partial charge in [-0.3, -0.25) is 9.32 Å². The molecule has 23 heavy (non-hydrogen) atoms. The normalized spacial score (nSPS) is 11.5. The minimum atomic E-state index is -4.73. The molecule has 9 nitrogen and oxygen atoms in total. The molecule has 2 rings (SSSR count). The Bertz CT molecular complexity index is 796. The van der Waals surface area contributed by atoms with Crippen LogP contribution >= 0.6 is 23.8 Å². The standard InChI is InChI=1S/C10H8BrF2N4O5P/c11-9-8(15-17(16-9)4-22-23(19,20)21)10(18)14-7-2-1-5(12)3-6(7)13/h1-3H,4H2,(H,14,18)(H2,19,20,21). The Hall–Kier alpha value is -1.72. The molecule has 0 aliphatic carbocycles. The molecule has 2 aromatic rings. The van der Waals surface area contributed by atoms with Crippen LogP contribution in [0.15, 0.2) is 22.8 Å². The smallest absolute Gasteiger partial charge is 0.318 e. The third-order valence-corrected chi connectivity index (χ3v) is 3.34. The summed E-state index contributed by atoms with van der Waals surface area (Å²) in [7, 11) is -4.73. The number of carbonyl (C=O) groups is 1. The predicted octanol–water partition coefficient (Wildman–Crippen LogP) is 1.64. The highest BCUT2D eigenvalue weighted by Crippen LogP contribution is 2.35. The van der Waals surface area contributed by atoms with Crippen LogP contribution in [0.2, 0.25) is 0 Å². The monoisotopic (exact) mass is 412 g/mol. The van der Waals surface area contributed by atoms with Gasteiger partial charge in [-0.1, -0.05) is 0 Å². The highest BCUT2D eigenvalue weighted by atomic mass is 79.9. The van der Waals surface area contributed by atoms with Gasteiger partial charge in [-0.2, -0.15) is 4.80 Å².